The number of carbonyl (C=O) groups excluding carboxylic acids is 3. The maximum Gasteiger partial charge on any atom is 0.308 e. The van der Waals surface area contributed by atoms with Crippen molar-refractivity contribution >= 4 is 41.6 Å². The summed E-state index contributed by atoms with van der Waals surface area (Å²) in [4.78, 5) is 45.4. The quantitative estimate of drug-likeness (QED) is 0.0908. The molecule has 2 aromatic rings. The Bertz CT molecular complexity index is 1730. The van der Waals surface area contributed by atoms with E-state index in [1.54, 1.807) is 18.2 Å². The number of hydrogen-bond acceptors (Lipinski definition) is 7. The van der Waals surface area contributed by atoms with E-state index in [4.69, 9.17) is 19.3 Å². The highest BCUT2D eigenvalue weighted by molar-refractivity contribution is 5.84. The Balaban J connectivity index is 1.87. The number of rotatable bonds is 14. The molecule has 0 saturated heterocycles. The molecule has 2 aromatic carbocycles. The van der Waals surface area contributed by atoms with Crippen LogP contribution >= 0.6 is 0 Å². The van der Waals surface area contributed by atoms with Gasteiger partial charge >= 0.3 is 23.9 Å². The van der Waals surface area contributed by atoms with Crippen molar-refractivity contribution in [3.05, 3.63) is 112 Å². The highest BCUT2D eigenvalue weighted by Gasteiger charge is 2.31. The monoisotopic (exact) mass is 680 g/mol. The number of carboxylic acids is 1. The molecule has 8 nitrogen and oxygen atoms in total. The summed E-state index contributed by atoms with van der Waals surface area (Å²) in [6, 6.07) is 13.3. The average Bonchev–Trinajstić information content (AvgIpc) is 3.01. The Labute approximate surface area is 295 Å². The first-order chi connectivity index (χ1) is 23.6. The van der Waals surface area contributed by atoms with E-state index < -0.39 is 23.9 Å². The van der Waals surface area contributed by atoms with Gasteiger partial charge in [0.2, 0.25) is 0 Å². The number of hydrogen-bond donors (Lipinski definition) is 1. The van der Waals surface area contributed by atoms with Crippen LogP contribution in [-0.2, 0) is 23.9 Å². The first kappa shape index (κ1) is 39.2. The summed E-state index contributed by atoms with van der Waals surface area (Å²) < 4.78 is 15.6. The van der Waals surface area contributed by atoms with Crippen molar-refractivity contribution in [2.45, 2.75) is 80.6 Å². The molecule has 264 valence electrons. The van der Waals surface area contributed by atoms with E-state index in [0.717, 1.165) is 41.5 Å². The fraction of sp³-hybridized carbons (Fsp3) is 0.333. The zero-order valence-electron chi connectivity index (χ0n) is 30.1. The number of carbonyl (C=O) groups is 4. The van der Waals surface area contributed by atoms with Crippen LogP contribution in [0.1, 0.15) is 97.3 Å². The SMILES string of the molecule is CC(=O)Oc1cc(C=Cc2ccc(C(=CC(C)=CC=CC(C)=CCOC(=O)CCC(=O)O)C3=C(C)CCCC3(C)C)cc2)cc(OC(C)=O)c1. The summed E-state index contributed by atoms with van der Waals surface area (Å²) in [6.07, 6.45) is 16.7. The van der Waals surface area contributed by atoms with Gasteiger partial charge in [0, 0.05) is 19.9 Å². The first-order valence-corrected chi connectivity index (χ1v) is 16.7. The fourth-order valence-corrected chi connectivity index (χ4v) is 5.87. The minimum atomic E-state index is -1.03. The van der Waals surface area contributed by atoms with E-state index >= 15 is 0 Å². The van der Waals surface area contributed by atoms with Crippen molar-refractivity contribution in [2.75, 3.05) is 6.61 Å². The Kier molecular flexibility index (Phi) is 14.5. The summed E-state index contributed by atoms with van der Waals surface area (Å²) in [5.74, 6) is -1.91. The molecule has 0 aromatic heterocycles. The Morgan fingerprint density at radius 1 is 0.840 bits per heavy atom. The molecule has 0 saturated carbocycles. The van der Waals surface area contributed by atoms with Crippen LogP contribution in [0, 0.1) is 5.41 Å². The van der Waals surface area contributed by atoms with Crippen LogP contribution in [0.3, 0.4) is 0 Å². The van der Waals surface area contributed by atoms with Crippen LogP contribution in [-0.4, -0.2) is 35.6 Å². The smallest absolute Gasteiger partial charge is 0.308 e. The Hall–Kier alpha value is -5.24. The van der Waals surface area contributed by atoms with Crippen LogP contribution in [0.5, 0.6) is 11.5 Å². The molecule has 1 N–H and O–H groups in total. The lowest BCUT2D eigenvalue weighted by atomic mass is 9.68. The second kappa shape index (κ2) is 18.5. The maximum absolute atomic E-state index is 11.7. The van der Waals surface area contributed by atoms with Gasteiger partial charge in [0.15, 0.2) is 0 Å². The van der Waals surface area contributed by atoms with Gasteiger partial charge in [-0.25, -0.2) is 0 Å². The van der Waals surface area contributed by atoms with Crippen LogP contribution < -0.4 is 9.47 Å². The molecular weight excluding hydrogens is 632 g/mol. The molecule has 8 heteroatoms. The van der Waals surface area contributed by atoms with Gasteiger partial charge in [0.05, 0.1) is 12.8 Å². The van der Waals surface area contributed by atoms with Crippen LogP contribution in [0.2, 0.25) is 0 Å². The third-order valence-corrected chi connectivity index (χ3v) is 8.12. The maximum atomic E-state index is 11.7. The summed E-state index contributed by atoms with van der Waals surface area (Å²) in [6.45, 7) is 13.6. The van der Waals surface area contributed by atoms with Crippen molar-refractivity contribution in [1.29, 1.82) is 0 Å². The van der Waals surface area contributed by atoms with E-state index in [1.165, 1.54) is 36.6 Å². The molecule has 0 atom stereocenters. The predicted molar refractivity (Wildman–Crippen MR) is 197 cm³/mol. The van der Waals surface area contributed by atoms with Gasteiger partial charge in [-0.2, -0.15) is 0 Å². The molecule has 50 heavy (non-hydrogen) atoms. The second-order valence-corrected chi connectivity index (χ2v) is 13.1. The minimum absolute atomic E-state index is 0.0106. The Morgan fingerprint density at radius 3 is 2.04 bits per heavy atom. The lowest BCUT2D eigenvalue weighted by molar-refractivity contribution is -0.146. The zero-order chi connectivity index (χ0) is 36.8. The molecule has 1 aliphatic rings. The van der Waals surface area contributed by atoms with Crippen molar-refractivity contribution in [3.63, 3.8) is 0 Å². The van der Waals surface area contributed by atoms with E-state index in [-0.39, 0.29) is 24.9 Å². The van der Waals surface area contributed by atoms with Crippen molar-refractivity contribution in [1.82, 2.24) is 0 Å². The molecule has 0 aliphatic heterocycles. The average molecular weight is 681 g/mol. The summed E-state index contributed by atoms with van der Waals surface area (Å²) in [5.41, 5.74) is 8.74. The summed E-state index contributed by atoms with van der Waals surface area (Å²) in [5, 5.41) is 8.70. The van der Waals surface area contributed by atoms with E-state index in [1.807, 2.05) is 37.3 Å². The van der Waals surface area contributed by atoms with Gasteiger partial charge in [-0.05, 0) is 91.5 Å². The summed E-state index contributed by atoms with van der Waals surface area (Å²) >= 11 is 0. The van der Waals surface area contributed by atoms with Gasteiger partial charge < -0.3 is 19.3 Å². The summed E-state index contributed by atoms with van der Waals surface area (Å²) in [7, 11) is 0. The largest absolute Gasteiger partial charge is 0.481 e. The van der Waals surface area contributed by atoms with E-state index in [9.17, 15) is 19.2 Å². The number of benzene rings is 2. The number of esters is 3. The number of aliphatic carboxylic acids is 1. The molecule has 3 rings (SSSR count). The van der Waals surface area contributed by atoms with Crippen LogP contribution in [0.4, 0.5) is 0 Å². The topological polar surface area (TPSA) is 116 Å². The van der Waals surface area contributed by atoms with Crippen molar-refractivity contribution in [2.24, 2.45) is 5.41 Å². The van der Waals surface area contributed by atoms with E-state index in [2.05, 4.69) is 58.0 Å². The van der Waals surface area contributed by atoms with Crippen LogP contribution in [0.15, 0.2) is 95.1 Å². The van der Waals surface area contributed by atoms with Crippen molar-refractivity contribution in [3.8, 4) is 11.5 Å². The van der Waals surface area contributed by atoms with Crippen LogP contribution in [0.25, 0.3) is 17.7 Å². The fourth-order valence-electron chi connectivity index (χ4n) is 5.87. The van der Waals surface area contributed by atoms with Gasteiger partial charge in [0.1, 0.15) is 18.1 Å². The lowest BCUT2D eigenvalue weighted by Crippen LogP contribution is -2.21. The van der Waals surface area contributed by atoms with Gasteiger partial charge in [-0.15, -0.1) is 0 Å². The first-order valence-electron chi connectivity index (χ1n) is 16.7. The highest BCUT2D eigenvalue weighted by Crippen LogP contribution is 2.47. The normalized spacial score (nSPS) is 15.4. The van der Waals surface area contributed by atoms with E-state index in [0.29, 0.717) is 17.1 Å². The predicted octanol–water partition coefficient (Wildman–Crippen LogP) is 9.47. The number of carboxylic acid groups (broad SMARTS) is 1. The standard InChI is InChI=1S/C42H48O8/c1-28(21-23-48-40(47)20-19-39(45)46)10-8-11-29(2)24-38(41-30(3)12-9-22-42(41,6)7)35-17-15-33(16-18-35)13-14-34-25-36(49-31(4)43)27-37(26-34)50-32(5)44/h8,10-11,13-18,21,24-27H,9,12,19-20,22-23H2,1-7H3,(H,45,46). The molecule has 0 bridgehead atoms. The minimum Gasteiger partial charge on any atom is -0.481 e. The molecule has 1 aliphatic carbocycles. The van der Waals surface area contributed by atoms with Gasteiger partial charge in [-0.1, -0.05) is 91.3 Å². The Morgan fingerprint density at radius 2 is 1.46 bits per heavy atom. The second-order valence-electron chi connectivity index (χ2n) is 13.1. The molecule has 0 fully saturated rings. The third kappa shape index (κ3) is 13.0. The lowest BCUT2D eigenvalue weighted by Gasteiger charge is -2.36. The van der Waals surface area contributed by atoms with Crippen molar-refractivity contribution < 1.29 is 38.5 Å². The highest BCUT2D eigenvalue weighted by atomic mass is 16.5. The number of allylic oxidation sites excluding steroid dienone is 9. The molecular formula is C42H48O8. The molecule has 0 heterocycles. The van der Waals surface area contributed by atoms with Gasteiger partial charge in [0.25, 0.3) is 0 Å². The third-order valence-electron chi connectivity index (χ3n) is 8.12. The van der Waals surface area contributed by atoms with Gasteiger partial charge in [-0.3, -0.25) is 19.2 Å². The molecule has 0 spiro atoms. The zero-order valence-corrected chi connectivity index (χ0v) is 30.1. The molecule has 0 unspecified atom stereocenters. The molecule has 0 amide bonds. The molecule has 0 radical (unpaired) electrons. The number of ether oxygens (including phenoxy) is 3.